The van der Waals surface area contributed by atoms with Crippen molar-refractivity contribution < 1.29 is 14.6 Å². The number of hydrogen-bond donors (Lipinski definition) is 1. The van der Waals surface area contributed by atoms with Gasteiger partial charge in [-0.3, -0.25) is 0 Å². The molecule has 4 heteroatoms. The van der Waals surface area contributed by atoms with Crippen LogP contribution in [0.4, 0.5) is 0 Å². The van der Waals surface area contributed by atoms with Crippen LogP contribution in [-0.2, 0) is 6.61 Å². The van der Waals surface area contributed by atoms with Gasteiger partial charge in [0.05, 0.1) is 5.56 Å². The molecule has 3 nitrogen and oxygen atoms in total. The van der Waals surface area contributed by atoms with E-state index in [4.69, 9.17) is 21.4 Å². The van der Waals surface area contributed by atoms with Crippen molar-refractivity contribution in [3.8, 4) is 5.75 Å². The van der Waals surface area contributed by atoms with Gasteiger partial charge in [0, 0.05) is 10.6 Å². The first-order valence-electron chi connectivity index (χ1n) is 5.78. The zero-order valence-corrected chi connectivity index (χ0v) is 11.1. The highest BCUT2D eigenvalue weighted by atomic mass is 35.5. The van der Waals surface area contributed by atoms with Gasteiger partial charge in [0.25, 0.3) is 0 Å². The minimum atomic E-state index is -0.952. The second kappa shape index (κ2) is 5.76. The largest absolute Gasteiger partial charge is 0.489 e. The number of hydrogen-bond acceptors (Lipinski definition) is 2. The average molecular weight is 277 g/mol. The maximum atomic E-state index is 11.1. The van der Waals surface area contributed by atoms with Crippen LogP contribution >= 0.6 is 11.6 Å². The summed E-state index contributed by atoms with van der Waals surface area (Å²) in [4.78, 5) is 11.1. The standard InChI is InChI=1S/C15H13ClO3/c1-10-8-12(16)6-7-14(10)19-9-11-4-2-3-5-13(11)15(17)18/h2-8H,9H2,1H3,(H,17,18). The predicted octanol–water partition coefficient (Wildman–Crippen LogP) is 3.93. The molecule has 0 unspecified atom stereocenters. The van der Waals surface area contributed by atoms with E-state index < -0.39 is 5.97 Å². The molecule has 0 amide bonds. The van der Waals surface area contributed by atoms with Crippen LogP contribution in [0, 0.1) is 6.92 Å². The Kier molecular flexibility index (Phi) is 4.07. The Bertz CT molecular complexity index is 608. The van der Waals surface area contributed by atoms with Crippen molar-refractivity contribution in [1.82, 2.24) is 0 Å². The highest BCUT2D eigenvalue weighted by molar-refractivity contribution is 6.30. The van der Waals surface area contributed by atoms with Gasteiger partial charge < -0.3 is 9.84 Å². The van der Waals surface area contributed by atoms with E-state index in [-0.39, 0.29) is 12.2 Å². The molecular formula is C15H13ClO3. The maximum absolute atomic E-state index is 11.1. The van der Waals surface area contributed by atoms with E-state index in [0.717, 1.165) is 5.56 Å². The lowest BCUT2D eigenvalue weighted by Crippen LogP contribution is -2.05. The third-order valence-corrected chi connectivity index (χ3v) is 3.00. The Balaban J connectivity index is 2.17. The van der Waals surface area contributed by atoms with Crippen LogP contribution < -0.4 is 4.74 Å². The smallest absolute Gasteiger partial charge is 0.336 e. The number of carbonyl (C=O) groups is 1. The molecule has 0 fully saturated rings. The van der Waals surface area contributed by atoms with Gasteiger partial charge in [-0.15, -0.1) is 0 Å². The van der Waals surface area contributed by atoms with E-state index in [0.29, 0.717) is 16.3 Å². The molecule has 0 heterocycles. The number of benzene rings is 2. The summed E-state index contributed by atoms with van der Waals surface area (Å²) in [5.74, 6) is -0.253. The first-order chi connectivity index (χ1) is 9.08. The van der Waals surface area contributed by atoms with Gasteiger partial charge in [-0.2, -0.15) is 0 Å². The molecule has 0 radical (unpaired) electrons. The third-order valence-electron chi connectivity index (χ3n) is 2.77. The van der Waals surface area contributed by atoms with Gasteiger partial charge in [0.1, 0.15) is 12.4 Å². The molecule has 0 spiro atoms. The Labute approximate surface area is 116 Å². The van der Waals surface area contributed by atoms with E-state index in [2.05, 4.69) is 0 Å². The SMILES string of the molecule is Cc1cc(Cl)ccc1OCc1ccccc1C(=O)O. The van der Waals surface area contributed by atoms with Crippen LogP contribution in [0.2, 0.25) is 5.02 Å². The Morgan fingerprint density at radius 2 is 2.00 bits per heavy atom. The summed E-state index contributed by atoms with van der Waals surface area (Å²) >= 11 is 5.87. The van der Waals surface area contributed by atoms with Crippen molar-refractivity contribution in [3.63, 3.8) is 0 Å². The minimum absolute atomic E-state index is 0.213. The van der Waals surface area contributed by atoms with Crippen molar-refractivity contribution in [1.29, 1.82) is 0 Å². The van der Waals surface area contributed by atoms with Crippen molar-refractivity contribution >= 4 is 17.6 Å². The molecule has 0 saturated heterocycles. The molecule has 0 aliphatic heterocycles. The zero-order chi connectivity index (χ0) is 13.8. The fourth-order valence-corrected chi connectivity index (χ4v) is 2.01. The van der Waals surface area contributed by atoms with Gasteiger partial charge in [0.15, 0.2) is 0 Å². The lowest BCUT2D eigenvalue weighted by molar-refractivity contribution is 0.0694. The lowest BCUT2D eigenvalue weighted by Gasteiger charge is -2.11. The number of carboxylic acids is 1. The topological polar surface area (TPSA) is 46.5 Å². The van der Waals surface area contributed by atoms with Crippen molar-refractivity contribution in [3.05, 3.63) is 64.2 Å². The molecule has 0 aliphatic carbocycles. The van der Waals surface area contributed by atoms with E-state index in [1.165, 1.54) is 0 Å². The number of carboxylic acid groups (broad SMARTS) is 1. The van der Waals surface area contributed by atoms with E-state index in [1.54, 1.807) is 42.5 Å². The molecule has 0 saturated carbocycles. The van der Waals surface area contributed by atoms with Crippen LogP contribution in [0.1, 0.15) is 21.5 Å². The summed E-state index contributed by atoms with van der Waals surface area (Å²) < 4.78 is 5.65. The van der Waals surface area contributed by atoms with E-state index in [1.807, 2.05) is 6.92 Å². The monoisotopic (exact) mass is 276 g/mol. The summed E-state index contributed by atoms with van der Waals surface area (Å²) in [6.07, 6.45) is 0. The highest BCUT2D eigenvalue weighted by Gasteiger charge is 2.09. The van der Waals surface area contributed by atoms with Gasteiger partial charge in [0.2, 0.25) is 0 Å². The summed E-state index contributed by atoms with van der Waals surface area (Å²) in [5.41, 5.74) is 1.82. The Hall–Kier alpha value is -2.00. The molecule has 0 bridgehead atoms. The average Bonchev–Trinajstić information content (AvgIpc) is 2.38. The molecular weight excluding hydrogens is 264 g/mol. The molecule has 0 atom stereocenters. The van der Waals surface area contributed by atoms with Crippen molar-refractivity contribution in [2.75, 3.05) is 0 Å². The van der Waals surface area contributed by atoms with Crippen LogP contribution in [0.25, 0.3) is 0 Å². The highest BCUT2D eigenvalue weighted by Crippen LogP contribution is 2.23. The summed E-state index contributed by atoms with van der Waals surface area (Å²) in [7, 11) is 0. The van der Waals surface area contributed by atoms with Gasteiger partial charge in [-0.1, -0.05) is 29.8 Å². The van der Waals surface area contributed by atoms with E-state index in [9.17, 15) is 4.79 Å². The molecule has 2 rings (SSSR count). The zero-order valence-electron chi connectivity index (χ0n) is 10.4. The lowest BCUT2D eigenvalue weighted by atomic mass is 10.1. The molecule has 1 N–H and O–H groups in total. The van der Waals surface area contributed by atoms with Crippen LogP contribution in [0.15, 0.2) is 42.5 Å². The van der Waals surface area contributed by atoms with E-state index >= 15 is 0 Å². The molecule has 98 valence electrons. The number of aryl methyl sites for hydroxylation is 1. The fraction of sp³-hybridized carbons (Fsp3) is 0.133. The van der Waals surface area contributed by atoms with Gasteiger partial charge >= 0.3 is 5.97 Å². The summed E-state index contributed by atoms with van der Waals surface area (Å²) in [5, 5.41) is 9.73. The van der Waals surface area contributed by atoms with Gasteiger partial charge in [-0.25, -0.2) is 4.79 Å². The van der Waals surface area contributed by atoms with Crippen LogP contribution in [0.5, 0.6) is 5.75 Å². The van der Waals surface area contributed by atoms with Crippen molar-refractivity contribution in [2.24, 2.45) is 0 Å². The molecule has 2 aromatic carbocycles. The maximum Gasteiger partial charge on any atom is 0.336 e. The summed E-state index contributed by atoms with van der Waals surface area (Å²) in [6, 6.07) is 12.1. The number of halogens is 1. The van der Waals surface area contributed by atoms with Crippen LogP contribution in [-0.4, -0.2) is 11.1 Å². The van der Waals surface area contributed by atoms with Crippen LogP contribution in [0.3, 0.4) is 0 Å². The first-order valence-corrected chi connectivity index (χ1v) is 6.16. The molecule has 19 heavy (non-hydrogen) atoms. The summed E-state index contributed by atoms with van der Waals surface area (Å²) in [6.45, 7) is 2.11. The molecule has 2 aromatic rings. The fourth-order valence-electron chi connectivity index (χ4n) is 1.79. The Morgan fingerprint density at radius 3 is 2.68 bits per heavy atom. The van der Waals surface area contributed by atoms with Crippen molar-refractivity contribution in [2.45, 2.75) is 13.5 Å². The first kappa shape index (κ1) is 13.4. The van der Waals surface area contributed by atoms with Gasteiger partial charge in [-0.05, 0) is 36.8 Å². The number of aromatic carboxylic acids is 1. The molecule has 0 aromatic heterocycles. The normalized spacial score (nSPS) is 10.2. The predicted molar refractivity (Wildman–Crippen MR) is 73.9 cm³/mol. The quantitative estimate of drug-likeness (QED) is 0.920. The second-order valence-electron chi connectivity index (χ2n) is 4.16. The third kappa shape index (κ3) is 3.26. The molecule has 0 aliphatic rings. The second-order valence-corrected chi connectivity index (χ2v) is 4.60. The number of ether oxygens (including phenoxy) is 1. The number of rotatable bonds is 4. The Morgan fingerprint density at radius 1 is 1.26 bits per heavy atom. The minimum Gasteiger partial charge on any atom is -0.489 e.